The minimum atomic E-state index is -1.09. The van der Waals surface area contributed by atoms with Crippen molar-refractivity contribution in [1.29, 1.82) is 0 Å². The Bertz CT molecular complexity index is 898. The van der Waals surface area contributed by atoms with Crippen molar-refractivity contribution in [2.45, 2.75) is 12.2 Å². The Labute approximate surface area is 120 Å². The number of rotatable bonds is 0. The molecular weight excluding hydrogens is 267 g/mol. The first-order valence-electron chi connectivity index (χ1n) is 6.85. The molecule has 0 saturated carbocycles. The van der Waals surface area contributed by atoms with E-state index in [1.54, 1.807) is 12.1 Å². The predicted molar refractivity (Wildman–Crippen MR) is 81.4 cm³/mol. The van der Waals surface area contributed by atoms with Crippen LogP contribution in [0.2, 0.25) is 0 Å². The Morgan fingerprint density at radius 1 is 0.905 bits per heavy atom. The molecule has 4 rings (SSSR count). The van der Waals surface area contributed by atoms with Crippen LogP contribution in [-0.4, -0.2) is 16.3 Å². The SMILES string of the molecule is O[C@@H]1C=Cc2c(cc3c(ccc4ccccc43)c2F)[C@H]1O. The number of halogens is 1. The number of aliphatic hydroxyl groups excluding tert-OH is 2. The van der Waals surface area contributed by atoms with E-state index in [0.29, 0.717) is 16.5 Å². The number of hydrogen-bond donors (Lipinski definition) is 2. The number of benzene rings is 3. The molecule has 3 aromatic carbocycles. The molecule has 3 heteroatoms. The van der Waals surface area contributed by atoms with Crippen LogP contribution in [0.3, 0.4) is 0 Å². The Morgan fingerprint density at radius 3 is 2.57 bits per heavy atom. The standard InChI is InChI=1S/C18H13FO2/c19-17-12-6-5-10-3-1-2-4-11(10)14(12)9-15-13(17)7-8-16(20)18(15)21/h1-9,16,18,20-21H/t16-,18-/m1/s1. The van der Waals surface area contributed by atoms with Gasteiger partial charge in [-0.3, -0.25) is 0 Å². The maximum absolute atomic E-state index is 14.7. The van der Waals surface area contributed by atoms with E-state index in [-0.39, 0.29) is 5.82 Å². The van der Waals surface area contributed by atoms with Crippen LogP contribution in [0.1, 0.15) is 17.2 Å². The highest BCUT2D eigenvalue weighted by molar-refractivity contribution is 6.08. The van der Waals surface area contributed by atoms with Gasteiger partial charge in [-0.1, -0.05) is 48.6 Å². The summed E-state index contributed by atoms with van der Waals surface area (Å²) < 4.78 is 14.7. The molecule has 0 bridgehead atoms. The molecule has 2 atom stereocenters. The Morgan fingerprint density at radius 2 is 1.71 bits per heavy atom. The normalized spacial score (nSPS) is 20.9. The smallest absolute Gasteiger partial charge is 0.138 e. The van der Waals surface area contributed by atoms with Gasteiger partial charge in [0, 0.05) is 10.9 Å². The summed E-state index contributed by atoms with van der Waals surface area (Å²) >= 11 is 0. The van der Waals surface area contributed by atoms with Crippen LogP contribution in [-0.2, 0) is 0 Å². The van der Waals surface area contributed by atoms with E-state index in [1.807, 2.05) is 30.3 Å². The van der Waals surface area contributed by atoms with Gasteiger partial charge in [0.05, 0.1) is 0 Å². The molecule has 0 fully saturated rings. The van der Waals surface area contributed by atoms with Gasteiger partial charge in [0.15, 0.2) is 0 Å². The average molecular weight is 280 g/mol. The van der Waals surface area contributed by atoms with Crippen molar-refractivity contribution in [2.75, 3.05) is 0 Å². The van der Waals surface area contributed by atoms with E-state index < -0.39 is 12.2 Å². The molecule has 0 aromatic heterocycles. The van der Waals surface area contributed by atoms with Crippen molar-refractivity contribution < 1.29 is 14.6 Å². The van der Waals surface area contributed by atoms with Gasteiger partial charge in [-0.25, -0.2) is 4.39 Å². The lowest BCUT2D eigenvalue weighted by atomic mass is 9.88. The first-order chi connectivity index (χ1) is 10.2. The summed E-state index contributed by atoms with van der Waals surface area (Å²) in [5.41, 5.74) is 0.793. The third-order valence-electron chi connectivity index (χ3n) is 4.16. The number of fused-ring (bicyclic) bond motifs is 4. The van der Waals surface area contributed by atoms with Crippen LogP contribution in [0.25, 0.3) is 27.6 Å². The van der Waals surface area contributed by atoms with Crippen LogP contribution in [0.4, 0.5) is 4.39 Å². The molecule has 0 unspecified atom stereocenters. The summed E-state index contributed by atoms with van der Waals surface area (Å²) in [5, 5.41) is 23.1. The zero-order valence-electron chi connectivity index (χ0n) is 11.1. The Kier molecular flexibility index (Phi) is 2.61. The van der Waals surface area contributed by atoms with Gasteiger partial charge < -0.3 is 10.2 Å². The largest absolute Gasteiger partial charge is 0.386 e. The van der Waals surface area contributed by atoms with Gasteiger partial charge in [0.25, 0.3) is 0 Å². The molecule has 0 spiro atoms. The summed E-state index contributed by atoms with van der Waals surface area (Å²) in [7, 11) is 0. The van der Waals surface area contributed by atoms with Gasteiger partial charge in [-0.15, -0.1) is 0 Å². The van der Waals surface area contributed by atoms with Crippen molar-refractivity contribution in [1.82, 2.24) is 0 Å². The second-order valence-corrected chi connectivity index (χ2v) is 5.37. The van der Waals surface area contributed by atoms with E-state index >= 15 is 0 Å². The predicted octanol–water partition coefficient (Wildman–Crippen LogP) is 3.55. The van der Waals surface area contributed by atoms with E-state index in [2.05, 4.69) is 0 Å². The lowest BCUT2D eigenvalue weighted by Crippen LogP contribution is -2.20. The van der Waals surface area contributed by atoms with Gasteiger partial charge >= 0.3 is 0 Å². The fourth-order valence-electron chi connectivity index (χ4n) is 3.05. The van der Waals surface area contributed by atoms with Crippen molar-refractivity contribution in [3.8, 4) is 0 Å². The lowest BCUT2D eigenvalue weighted by Gasteiger charge is -2.23. The highest BCUT2D eigenvalue weighted by Gasteiger charge is 2.26. The van der Waals surface area contributed by atoms with Gasteiger partial charge in [-0.2, -0.15) is 0 Å². The van der Waals surface area contributed by atoms with Crippen LogP contribution < -0.4 is 0 Å². The average Bonchev–Trinajstić information content (AvgIpc) is 2.51. The molecule has 2 nitrogen and oxygen atoms in total. The first-order valence-corrected chi connectivity index (χ1v) is 6.85. The molecular formula is C18H13FO2. The fourth-order valence-corrected chi connectivity index (χ4v) is 3.05. The van der Waals surface area contributed by atoms with Crippen molar-refractivity contribution >= 4 is 27.6 Å². The zero-order valence-corrected chi connectivity index (χ0v) is 11.1. The van der Waals surface area contributed by atoms with Crippen molar-refractivity contribution in [2.24, 2.45) is 0 Å². The molecule has 1 aliphatic carbocycles. The second-order valence-electron chi connectivity index (χ2n) is 5.37. The summed E-state index contributed by atoms with van der Waals surface area (Å²) in [4.78, 5) is 0. The fraction of sp³-hybridized carbons (Fsp3) is 0.111. The van der Waals surface area contributed by atoms with Crippen molar-refractivity contribution in [3.63, 3.8) is 0 Å². The van der Waals surface area contributed by atoms with Crippen LogP contribution in [0, 0.1) is 5.82 Å². The summed E-state index contributed by atoms with van der Waals surface area (Å²) in [6.07, 6.45) is 0.867. The van der Waals surface area contributed by atoms with E-state index in [0.717, 1.165) is 16.2 Å². The molecule has 1 aliphatic rings. The Hall–Kier alpha value is -2.23. The van der Waals surface area contributed by atoms with E-state index in [1.165, 1.54) is 12.2 Å². The molecule has 21 heavy (non-hydrogen) atoms. The molecule has 0 heterocycles. The highest BCUT2D eigenvalue weighted by Crippen LogP contribution is 2.36. The van der Waals surface area contributed by atoms with E-state index in [9.17, 15) is 14.6 Å². The summed E-state index contributed by atoms with van der Waals surface area (Å²) in [5.74, 6) is -0.351. The van der Waals surface area contributed by atoms with Gasteiger partial charge in [-0.05, 0) is 27.8 Å². The molecule has 2 N–H and O–H groups in total. The van der Waals surface area contributed by atoms with E-state index in [4.69, 9.17) is 0 Å². The minimum absolute atomic E-state index is 0.351. The van der Waals surface area contributed by atoms with Crippen molar-refractivity contribution in [3.05, 3.63) is 65.5 Å². The van der Waals surface area contributed by atoms with Crippen LogP contribution in [0.5, 0.6) is 0 Å². The van der Waals surface area contributed by atoms with Gasteiger partial charge in [0.2, 0.25) is 0 Å². The van der Waals surface area contributed by atoms with Crippen LogP contribution in [0.15, 0.2) is 48.5 Å². The monoisotopic (exact) mass is 280 g/mol. The summed E-state index contributed by atoms with van der Waals surface area (Å²) in [6, 6.07) is 13.2. The first kappa shape index (κ1) is 12.5. The molecule has 0 radical (unpaired) electrons. The van der Waals surface area contributed by atoms with Gasteiger partial charge in [0.1, 0.15) is 18.0 Å². The third-order valence-corrected chi connectivity index (χ3v) is 4.16. The molecule has 0 amide bonds. The number of hydrogen-bond acceptors (Lipinski definition) is 2. The minimum Gasteiger partial charge on any atom is -0.386 e. The molecule has 0 aliphatic heterocycles. The molecule has 3 aromatic rings. The van der Waals surface area contributed by atoms with Crippen LogP contribution >= 0.6 is 0 Å². The highest BCUT2D eigenvalue weighted by atomic mass is 19.1. The third kappa shape index (κ3) is 1.71. The summed E-state index contributed by atoms with van der Waals surface area (Å²) in [6.45, 7) is 0. The Balaban J connectivity index is 2.17. The molecule has 0 saturated heterocycles. The topological polar surface area (TPSA) is 40.5 Å². The maximum Gasteiger partial charge on any atom is 0.138 e. The maximum atomic E-state index is 14.7. The quantitative estimate of drug-likeness (QED) is 0.618. The second kappa shape index (κ2) is 4.38. The lowest BCUT2D eigenvalue weighted by molar-refractivity contribution is 0.0468. The zero-order chi connectivity index (χ0) is 14.6. The molecule has 104 valence electrons. The number of aliphatic hydroxyl groups is 2.